The van der Waals surface area contributed by atoms with Crippen LogP contribution in [-0.2, 0) is 6.42 Å². The first-order chi connectivity index (χ1) is 17.1. The van der Waals surface area contributed by atoms with E-state index in [1.54, 1.807) is 11.9 Å². The summed E-state index contributed by atoms with van der Waals surface area (Å²) in [4.78, 5) is 10.5. The molecule has 0 aliphatic rings. The Morgan fingerprint density at radius 2 is 1.49 bits per heavy atom. The van der Waals surface area contributed by atoms with E-state index < -0.39 is 0 Å². The molecule has 0 unspecified atom stereocenters. The standard InChI is InChI=1S/C17H17N3S.C11H16O.C2H6/c1-3-14-17(19-16-7-5-4-6-15(16)18-14)20-21-13-10-8-12(2)9-11-13;1-3-4-8-12-11-7-5-6-10(2)9-11;1-2/h4-11H,3H2,1-2H3,(H,19,20);5-7,9H,3-4,8H2,1-2H3;1-2H3. The Balaban J connectivity index is 0.000000263. The second-order valence-corrected chi connectivity index (χ2v) is 8.78. The van der Waals surface area contributed by atoms with Crippen LogP contribution >= 0.6 is 11.9 Å². The average molecular weight is 490 g/mol. The van der Waals surface area contributed by atoms with E-state index in [0.29, 0.717) is 0 Å². The lowest BCUT2D eigenvalue weighted by molar-refractivity contribution is 0.309. The predicted octanol–water partition coefficient (Wildman–Crippen LogP) is 8.82. The molecule has 0 saturated heterocycles. The summed E-state index contributed by atoms with van der Waals surface area (Å²) >= 11 is 1.57. The molecule has 4 rings (SSSR count). The molecular formula is C30H39N3OS. The van der Waals surface area contributed by atoms with Gasteiger partial charge in [0.2, 0.25) is 0 Å². The number of nitrogens with one attached hydrogen (secondary N) is 1. The number of nitrogens with zero attached hydrogens (tertiary/aromatic N) is 2. The highest BCUT2D eigenvalue weighted by atomic mass is 32.2. The number of aryl methyl sites for hydroxylation is 3. The van der Waals surface area contributed by atoms with E-state index in [1.165, 1.54) is 17.5 Å². The first-order valence-electron chi connectivity index (χ1n) is 12.5. The summed E-state index contributed by atoms with van der Waals surface area (Å²) < 4.78 is 8.86. The summed E-state index contributed by atoms with van der Waals surface area (Å²) in [5.41, 5.74) is 5.37. The summed E-state index contributed by atoms with van der Waals surface area (Å²) in [6.45, 7) is 13.3. The summed E-state index contributed by atoms with van der Waals surface area (Å²) in [6.07, 6.45) is 3.17. The lowest BCUT2D eigenvalue weighted by atomic mass is 10.2. The number of para-hydroxylation sites is 2. The van der Waals surface area contributed by atoms with Gasteiger partial charge in [-0.2, -0.15) is 0 Å². The maximum absolute atomic E-state index is 5.53. The van der Waals surface area contributed by atoms with Gasteiger partial charge in [-0.25, -0.2) is 9.97 Å². The molecule has 5 heteroatoms. The zero-order chi connectivity index (χ0) is 25.5. The Labute approximate surface area is 215 Å². The van der Waals surface area contributed by atoms with Crippen LogP contribution in [0.1, 0.15) is 57.4 Å². The van der Waals surface area contributed by atoms with Crippen molar-refractivity contribution in [3.63, 3.8) is 0 Å². The van der Waals surface area contributed by atoms with Crippen LogP contribution in [0.2, 0.25) is 0 Å². The molecule has 4 aromatic rings. The number of hydrogen-bond acceptors (Lipinski definition) is 5. The van der Waals surface area contributed by atoms with Gasteiger partial charge in [-0.05, 0) is 80.6 Å². The lowest BCUT2D eigenvalue weighted by Gasteiger charge is -2.10. The Bertz CT molecular complexity index is 1150. The van der Waals surface area contributed by atoms with Crippen LogP contribution in [0.5, 0.6) is 5.75 Å². The van der Waals surface area contributed by atoms with Gasteiger partial charge in [0.25, 0.3) is 0 Å². The van der Waals surface area contributed by atoms with Crippen molar-refractivity contribution in [3.8, 4) is 5.75 Å². The van der Waals surface area contributed by atoms with Crippen LogP contribution in [0.3, 0.4) is 0 Å². The molecule has 0 aliphatic carbocycles. The topological polar surface area (TPSA) is 47.0 Å². The average Bonchev–Trinajstić information content (AvgIpc) is 2.89. The van der Waals surface area contributed by atoms with Gasteiger partial charge in [-0.3, -0.25) is 0 Å². The van der Waals surface area contributed by atoms with Crippen LogP contribution in [0, 0.1) is 13.8 Å². The van der Waals surface area contributed by atoms with Crippen molar-refractivity contribution in [1.29, 1.82) is 0 Å². The summed E-state index contributed by atoms with van der Waals surface area (Å²) in [6, 6.07) is 24.6. The highest BCUT2D eigenvalue weighted by molar-refractivity contribution is 8.00. The van der Waals surface area contributed by atoms with Crippen LogP contribution in [-0.4, -0.2) is 16.6 Å². The molecule has 1 N–H and O–H groups in total. The van der Waals surface area contributed by atoms with Crippen molar-refractivity contribution in [2.24, 2.45) is 0 Å². The van der Waals surface area contributed by atoms with Crippen molar-refractivity contribution in [3.05, 3.63) is 89.6 Å². The SMILES string of the molecule is CC.CCCCOc1cccc(C)c1.CCc1nc2ccccc2nc1NSc1ccc(C)cc1. The summed E-state index contributed by atoms with van der Waals surface area (Å²) in [7, 11) is 0. The highest BCUT2D eigenvalue weighted by Gasteiger charge is 2.07. The Morgan fingerprint density at radius 3 is 2.11 bits per heavy atom. The number of benzene rings is 3. The molecule has 1 heterocycles. The molecule has 186 valence electrons. The zero-order valence-electron chi connectivity index (χ0n) is 22.0. The Kier molecular flexibility index (Phi) is 12.7. The molecule has 1 aromatic heterocycles. The summed E-state index contributed by atoms with van der Waals surface area (Å²) in [5.74, 6) is 1.84. The van der Waals surface area contributed by atoms with Crippen LogP contribution in [0.4, 0.5) is 5.82 Å². The first kappa shape index (κ1) is 28.2. The first-order valence-corrected chi connectivity index (χ1v) is 13.3. The van der Waals surface area contributed by atoms with Crippen molar-refractivity contribution in [2.45, 2.75) is 65.7 Å². The minimum absolute atomic E-state index is 0.833. The number of hydrogen-bond donors (Lipinski definition) is 1. The van der Waals surface area contributed by atoms with Gasteiger partial charge >= 0.3 is 0 Å². The maximum Gasteiger partial charge on any atom is 0.158 e. The van der Waals surface area contributed by atoms with Gasteiger partial charge in [0.1, 0.15) is 5.75 Å². The maximum atomic E-state index is 5.53. The van der Waals surface area contributed by atoms with Gasteiger partial charge in [0, 0.05) is 4.90 Å². The molecule has 4 nitrogen and oxygen atoms in total. The van der Waals surface area contributed by atoms with E-state index in [1.807, 2.05) is 50.2 Å². The van der Waals surface area contributed by atoms with Crippen molar-refractivity contribution in [1.82, 2.24) is 9.97 Å². The Hall–Kier alpha value is -3.05. The van der Waals surface area contributed by atoms with Gasteiger partial charge < -0.3 is 9.46 Å². The fourth-order valence-electron chi connectivity index (χ4n) is 3.12. The van der Waals surface area contributed by atoms with E-state index >= 15 is 0 Å². The van der Waals surface area contributed by atoms with E-state index in [0.717, 1.165) is 52.6 Å². The van der Waals surface area contributed by atoms with E-state index in [-0.39, 0.29) is 0 Å². The quantitative estimate of drug-likeness (QED) is 0.198. The minimum atomic E-state index is 0.833. The largest absolute Gasteiger partial charge is 0.494 e. The lowest BCUT2D eigenvalue weighted by Crippen LogP contribution is -2.00. The second-order valence-electron chi connectivity index (χ2n) is 7.90. The highest BCUT2D eigenvalue weighted by Crippen LogP contribution is 2.24. The van der Waals surface area contributed by atoms with Crippen LogP contribution < -0.4 is 9.46 Å². The number of anilines is 1. The third-order valence-corrected chi connectivity index (χ3v) is 5.82. The molecule has 0 amide bonds. The fourth-order valence-corrected chi connectivity index (χ4v) is 3.77. The van der Waals surface area contributed by atoms with Gasteiger partial charge in [0.05, 0.1) is 23.3 Å². The molecule has 0 atom stereocenters. The molecule has 35 heavy (non-hydrogen) atoms. The molecule has 3 aromatic carbocycles. The van der Waals surface area contributed by atoms with E-state index in [9.17, 15) is 0 Å². The molecule has 0 bridgehead atoms. The monoisotopic (exact) mass is 489 g/mol. The third kappa shape index (κ3) is 9.61. The van der Waals surface area contributed by atoms with Crippen molar-refractivity contribution >= 4 is 28.8 Å². The normalized spacial score (nSPS) is 10.0. The molecule has 0 spiro atoms. The number of aromatic nitrogens is 2. The second kappa shape index (κ2) is 15.8. The fraction of sp³-hybridized carbons (Fsp3) is 0.333. The van der Waals surface area contributed by atoms with Crippen LogP contribution in [0.15, 0.2) is 77.7 Å². The molecular weight excluding hydrogens is 450 g/mol. The molecule has 0 saturated carbocycles. The summed E-state index contributed by atoms with van der Waals surface area (Å²) in [5, 5.41) is 0. The molecule has 0 aliphatic heterocycles. The predicted molar refractivity (Wildman–Crippen MR) is 153 cm³/mol. The number of ether oxygens (including phenoxy) is 1. The number of unbranched alkanes of at least 4 members (excludes halogenated alkanes) is 1. The Morgan fingerprint density at radius 1 is 0.800 bits per heavy atom. The van der Waals surface area contributed by atoms with Gasteiger partial charge in [-0.1, -0.05) is 76.1 Å². The van der Waals surface area contributed by atoms with Gasteiger partial charge in [0.15, 0.2) is 5.82 Å². The third-order valence-electron chi connectivity index (χ3n) is 5.02. The minimum Gasteiger partial charge on any atom is -0.494 e. The smallest absolute Gasteiger partial charge is 0.158 e. The molecule has 0 fully saturated rings. The molecule has 0 radical (unpaired) electrons. The van der Waals surface area contributed by atoms with E-state index in [4.69, 9.17) is 4.74 Å². The zero-order valence-corrected chi connectivity index (χ0v) is 22.8. The number of fused-ring (bicyclic) bond motifs is 1. The number of rotatable bonds is 8. The van der Waals surface area contributed by atoms with Crippen molar-refractivity contribution in [2.75, 3.05) is 11.3 Å². The van der Waals surface area contributed by atoms with E-state index in [2.05, 4.69) is 78.8 Å². The van der Waals surface area contributed by atoms with Gasteiger partial charge in [-0.15, -0.1) is 0 Å². The van der Waals surface area contributed by atoms with Crippen LogP contribution in [0.25, 0.3) is 11.0 Å². The van der Waals surface area contributed by atoms with Crippen molar-refractivity contribution < 1.29 is 4.74 Å².